The summed E-state index contributed by atoms with van der Waals surface area (Å²) < 4.78 is 5.69. The SMILES string of the molecule is Cc1cccc(OC2CN(C(=O)C(C)C)C2)n1. The second-order valence-corrected chi connectivity index (χ2v) is 4.75. The average Bonchev–Trinajstić information content (AvgIpc) is 2.22. The van der Waals surface area contributed by atoms with E-state index in [2.05, 4.69) is 4.98 Å². The number of nitrogens with zero attached hydrogens (tertiary/aromatic N) is 2. The third-order valence-corrected chi connectivity index (χ3v) is 2.80. The number of hydrogen-bond acceptors (Lipinski definition) is 3. The van der Waals surface area contributed by atoms with Gasteiger partial charge in [0.05, 0.1) is 13.1 Å². The van der Waals surface area contributed by atoms with Crippen LogP contribution in [0.5, 0.6) is 5.88 Å². The van der Waals surface area contributed by atoms with E-state index >= 15 is 0 Å². The van der Waals surface area contributed by atoms with Crippen LogP contribution in [0.2, 0.25) is 0 Å². The van der Waals surface area contributed by atoms with Crippen LogP contribution in [0, 0.1) is 12.8 Å². The summed E-state index contributed by atoms with van der Waals surface area (Å²) in [7, 11) is 0. The van der Waals surface area contributed by atoms with Crippen LogP contribution in [0.4, 0.5) is 0 Å². The minimum absolute atomic E-state index is 0.0630. The maximum absolute atomic E-state index is 11.6. The highest BCUT2D eigenvalue weighted by atomic mass is 16.5. The molecule has 0 atom stereocenters. The van der Waals surface area contributed by atoms with Crippen LogP contribution in [0.3, 0.4) is 0 Å². The Bertz CT molecular complexity index is 412. The molecule has 92 valence electrons. The Morgan fingerprint density at radius 1 is 1.47 bits per heavy atom. The zero-order valence-electron chi connectivity index (χ0n) is 10.5. The number of ether oxygens (including phenoxy) is 1. The molecule has 1 amide bonds. The predicted octanol–water partition coefficient (Wildman–Crippen LogP) is 1.64. The average molecular weight is 234 g/mol. The Hall–Kier alpha value is -1.58. The first kappa shape index (κ1) is 11.9. The first-order chi connectivity index (χ1) is 8.06. The molecule has 0 saturated carbocycles. The van der Waals surface area contributed by atoms with Crippen molar-refractivity contribution in [3.05, 3.63) is 23.9 Å². The van der Waals surface area contributed by atoms with Crippen molar-refractivity contribution in [1.29, 1.82) is 0 Å². The highest BCUT2D eigenvalue weighted by Crippen LogP contribution is 2.18. The van der Waals surface area contributed by atoms with Gasteiger partial charge in [-0.15, -0.1) is 0 Å². The van der Waals surface area contributed by atoms with Crippen molar-refractivity contribution in [2.24, 2.45) is 5.92 Å². The van der Waals surface area contributed by atoms with Crippen molar-refractivity contribution < 1.29 is 9.53 Å². The predicted molar refractivity (Wildman–Crippen MR) is 64.8 cm³/mol. The molecule has 1 aliphatic heterocycles. The summed E-state index contributed by atoms with van der Waals surface area (Å²) in [5.41, 5.74) is 0.942. The van der Waals surface area contributed by atoms with E-state index in [-0.39, 0.29) is 17.9 Å². The third-order valence-electron chi connectivity index (χ3n) is 2.80. The Balaban J connectivity index is 1.83. The zero-order valence-corrected chi connectivity index (χ0v) is 10.5. The molecule has 1 aromatic heterocycles. The number of aryl methyl sites for hydroxylation is 1. The van der Waals surface area contributed by atoms with Gasteiger partial charge in [-0.05, 0) is 13.0 Å². The molecule has 0 radical (unpaired) electrons. The van der Waals surface area contributed by atoms with E-state index in [0.29, 0.717) is 19.0 Å². The Morgan fingerprint density at radius 2 is 2.18 bits per heavy atom. The molecule has 4 heteroatoms. The Kier molecular flexibility index (Phi) is 3.31. The summed E-state index contributed by atoms with van der Waals surface area (Å²) in [6.07, 6.45) is 0.0898. The molecule has 1 aromatic rings. The molecule has 0 spiro atoms. The zero-order chi connectivity index (χ0) is 12.4. The summed E-state index contributed by atoms with van der Waals surface area (Å²) in [5.74, 6) is 0.904. The van der Waals surface area contributed by atoms with Crippen molar-refractivity contribution in [3.63, 3.8) is 0 Å². The molecule has 1 fully saturated rings. The number of carbonyl (C=O) groups excluding carboxylic acids is 1. The molecule has 1 aliphatic rings. The second kappa shape index (κ2) is 4.73. The van der Waals surface area contributed by atoms with E-state index < -0.39 is 0 Å². The van der Waals surface area contributed by atoms with Gasteiger partial charge in [-0.3, -0.25) is 4.79 Å². The topological polar surface area (TPSA) is 42.4 Å². The van der Waals surface area contributed by atoms with Crippen LogP contribution in [0.15, 0.2) is 18.2 Å². The maximum atomic E-state index is 11.6. The minimum Gasteiger partial charge on any atom is -0.471 e. The van der Waals surface area contributed by atoms with Gasteiger partial charge in [-0.1, -0.05) is 19.9 Å². The van der Waals surface area contributed by atoms with E-state index in [1.165, 1.54) is 0 Å². The van der Waals surface area contributed by atoms with Crippen molar-refractivity contribution >= 4 is 5.91 Å². The number of hydrogen-bond donors (Lipinski definition) is 0. The van der Waals surface area contributed by atoms with Gasteiger partial charge in [-0.2, -0.15) is 0 Å². The van der Waals surface area contributed by atoms with Gasteiger partial charge in [0.2, 0.25) is 11.8 Å². The first-order valence-electron chi connectivity index (χ1n) is 5.95. The van der Waals surface area contributed by atoms with E-state index in [9.17, 15) is 4.79 Å². The van der Waals surface area contributed by atoms with Crippen LogP contribution in [0.1, 0.15) is 19.5 Å². The summed E-state index contributed by atoms with van der Waals surface area (Å²) in [6.45, 7) is 7.11. The highest BCUT2D eigenvalue weighted by molar-refractivity contribution is 5.79. The second-order valence-electron chi connectivity index (χ2n) is 4.75. The molecule has 17 heavy (non-hydrogen) atoms. The van der Waals surface area contributed by atoms with Crippen LogP contribution in [-0.2, 0) is 4.79 Å². The van der Waals surface area contributed by atoms with Crippen molar-refractivity contribution in [2.45, 2.75) is 26.9 Å². The van der Waals surface area contributed by atoms with Gasteiger partial charge >= 0.3 is 0 Å². The lowest BCUT2D eigenvalue weighted by Gasteiger charge is -2.39. The lowest BCUT2D eigenvalue weighted by Crippen LogP contribution is -2.57. The van der Waals surface area contributed by atoms with Crippen LogP contribution < -0.4 is 4.74 Å². The number of carbonyl (C=O) groups is 1. The van der Waals surface area contributed by atoms with Gasteiger partial charge in [0.25, 0.3) is 0 Å². The van der Waals surface area contributed by atoms with Crippen LogP contribution in [0.25, 0.3) is 0 Å². The third kappa shape index (κ3) is 2.75. The van der Waals surface area contributed by atoms with Crippen LogP contribution in [-0.4, -0.2) is 35.0 Å². The molecule has 2 rings (SSSR count). The molecule has 0 N–H and O–H groups in total. The molecule has 2 heterocycles. The smallest absolute Gasteiger partial charge is 0.225 e. The fourth-order valence-electron chi connectivity index (χ4n) is 1.81. The maximum Gasteiger partial charge on any atom is 0.225 e. The lowest BCUT2D eigenvalue weighted by molar-refractivity contribution is -0.143. The summed E-state index contributed by atoms with van der Waals surface area (Å²) in [5, 5.41) is 0. The summed E-state index contributed by atoms with van der Waals surface area (Å²) in [4.78, 5) is 17.7. The van der Waals surface area contributed by atoms with Gasteiger partial charge in [0.1, 0.15) is 6.10 Å². The number of aromatic nitrogens is 1. The van der Waals surface area contributed by atoms with E-state index in [0.717, 1.165) is 5.69 Å². The van der Waals surface area contributed by atoms with E-state index in [1.807, 2.05) is 43.9 Å². The van der Waals surface area contributed by atoms with E-state index in [4.69, 9.17) is 4.74 Å². The van der Waals surface area contributed by atoms with E-state index in [1.54, 1.807) is 0 Å². The Labute approximate surface area is 102 Å². The number of rotatable bonds is 3. The molecule has 0 unspecified atom stereocenters. The Morgan fingerprint density at radius 3 is 2.76 bits per heavy atom. The highest BCUT2D eigenvalue weighted by Gasteiger charge is 2.33. The monoisotopic (exact) mass is 234 g/mol. The van der Waals surface area contributed by atoms with Gasteiger partial charge in [0, 0.05) is 17.7 Å². The van der Waals surface area contributed by atoms with Crippen LogP contribution >= 0.6 is 0 Å². The first-order valence-corrected chi connectivity index (χ1v) is 5.95. The molecule has 4 nitrogen and oxygen atoms in total. The minimum atomic E-state index is 0.0630. The molecule has 0 bridgehead atoms. The quantitative estimate of drug-likeness (QED) is 0.798. The molecular weight excluding hydrogens is 216 g/mol. The summed E-state index contributed by atoms with van der Waals surface area (Å²) in [6, 6.07) is 5.70. The normalized spacial score (nSPS) is 15.9. The van der Waals surface area contributed by atoms with Gasteiger partial charge in [0.15, 0.2) is 0 Å². The largest absolute Gasteiger partial charge is 0.471 e. The van der Waals surface area contributed by atoms with Crippen molar-refractivity contribution in [2.75, 3.05) is 13.1 Å². The lowest BCUT2D eigenvalue weighted by atomic mass is 10.1. The van der Waals surface area contributed by atoms with Crippen molar-refractivity contribution in [3.8, 4) is 5.88 Å². The molecule has 0 aromatic carbocycles. The molecular formula is C13H18N2O2. The summed E-state index contributed by atoms with van der Waals surface area (Å²) >= 11 is 0. The van der Waals surface area contributed by atoms with Gasteiger partial charge < -0.3 is 9.64 Å². The molecule has 0 aliphatic carbocycles. The fourth-order valence-corrected chi connectivity index (χ4v) is 1.81. The number of likely N-dealkylation sites (tertiary alicyclic amines) is 1. The number of pyridine rings is 1. The fraction of sp³-hybridized carbons (Fsp3) is 0.538. The van der Waals surface area contributed by atoms with Gasteiger partial charge in [-0.25, -0.2) is 4.98 Å². The number of amides is 1. The van der Waals surface area contributed by atoms with Crippen molar-refractivity contribution in [1.82, 2.24) is 9.88 Å². The molecule has 1 saturated heterocycles. The standard InChI is InChI=1S/C13H18N2O2/c1-9(2)13(16)15-7-11(8-15)17-12-6-4-5-10(3)14-12/h4-6,9,11H,7-8H2,1-3H3.